The zero-order valence-corrected chi connectivity index (χ0v) is 18.5. The normalized spacial score (nSPS) is 10.4. The molecule has 0 radical (unpaired) electrons. The summed E-state index contributed by atoms with van der Waals surface area (Å²) in [6.07, 6.45) is 0.147. The Labute approximate surface area is 191 Å². The van der Waals surface area contributed by atoms with Gasteiger partial charge in [0.15, 0.2) is 6.61 Å². The van der Waals surface area contributed by atoms with Crippen LogP contribution in [0.15, 0.2) is 66.7 Å². The van der Waals surface area contributed by atoms with Gasteiger partial charge in [0.1, 0.15) is 6.54 Å². The topological polar surface area (TPSA) is 106 Å². The molecule has 0 saturated carbocycles. The molecule has 2 N–H and O–H groups in total. The first-order valence-corrected chi connectivity index (χ1v) is 10.4. The highest BCUT2D eigenvalue weighted by Crippen LogP contribution is 2.15. The number of carbonyl (C=O) groups is 4. The number of hydrogen-bond acceptors (Lipinski definition) is 5. The van der Waals surface area contributed by atoms with Gasteiger partial charge in [-0.2, -0.15) is 0 Å². The van der Waals surface area contributed by atoms with Crippen molar-refractivity contribution in [1.82, 2.24) is 9.99 Å². The molecule has 0 fully saturated rings. The molecule has 8 nitrogen and oxygen atoms in total. The van der Waals surface area contributed by atoms with Crippen LogP contribution in [-0.4, -0.2) is 41.4 Å². The van der Waals surface area contributed by atoms with Gasteiger partial charge in [0.25, 0.3) is 5.91 Å². The van der Waals surface area contributed by atoms with Gasteiger partial charge in [-0.15, -0.1) is 0 Å². The molecular formula is C25H25N3O5. The van der Waals surface area contributed by atoms with Gasteiger partial charge < -0.3 is 10.1 Å². The summed E-state index contributed by atoms with van der Waals surface area (Å²) in [6, 6.07) is 19.5. The van der Waals surface area contributed by atoms with Crippen LogP contribution in [0.1, 0.15) is 37.7 Å². The lowest BCUT2D eigenvalue weighted by Crippen LogP contribution is -2.32. The predicted octanol–water partition coefficient (Wildman–Crippen LogP) is 2.57. The van der Waals surface area contributed by atoms with E-state index in [0.717, 1.165) is 5.56 Å². The van der Waals surface area contributed by atoms with Crippen LogP contribution in [0.4, 0.5) is 0 Å². The zero-order valence-electron chi connectivity index (χ0n) is 18.5. The third-order valence-corrected chi connectivity index (χ3v) is 4.98. The van der Waals surface area contributed by atoms with Crippen molar-refractivity contribution in [1.29, 1.82) is 0 Å². The van der Waals surface area contributed by atoms with Crippen LogP contribution < -0.4 is 10.7 Å². The molecule has 0 bridgehead atoms. The third-order valence-electron chi connectivity index (χ3n) is 4.98. The Kier molecular flexibility index (Phi) is 7.75. The lowest BCUT2D eigenvalue weighted by Gasteiger charge is -2.11. The van der Waals surface area contributed by atoms with E-state index in [2.05, 4.69) is 10.7 Å². The summed E-state index contributed by atoms with van der Waals surface area (Å²) in [5.74, 6) is -1.75. The van der Waals surface area contributed by atoms with Crippen LogP contribution >= 0.6 is 0 Å². The molecule has 0 aliphatic carbocycles. The van der Waals surface area contributed by atoms with E-state index >= 15 is 0 Å². The van der Waals surface area contributed by atoms with Crippen LogP contribution in [0.25, 0.3) is 0 Å². The number of benzene rings is 2. The molecule has 8 heteroatoms. The van der Waals surface area contributed by atoms with Crippen LogP contribution in [0.2, 0.25) is 0 Å². The SMILES string of the molecule is Cc1cc(C(=O)COC(=O)CNC(=O)Cc2ccccc2)c(C)n1NC(=O)c1ccccc1. The minimum Gasteiger partial charge on any atom is -0.456 e. The maximum Gasteiger partial charge on any atom is 0.325 e. The lowest BCUT2D eigenvalue weighted by atomic mass is 10.1. The van der Waals surface area contributed by atoms with Gasteiger partial charge in [-0.25, -0.2) is 0 Å². The van der Waals surface area contributed by atoms with E-state index in [4.69, 9.17) is 4.74 Å². The highest BCUT2D eigenvalue weighted by Gasteiger charge is 2.19. The number of aryl methyl sites for hydroxylation is 1. The van der Waals surface area contributed by atoms with Crippen molar-refractivity contribution in [3.63, 3.8) is 0 Å². The smallest absolute Gasteiger partial charge is 0.325 e. The monoisotopic (exact) mass is 447 g/mol. The molecule has 1 heterocycles. The number of carbonyl (C=O) groups excluding carboxylic acids is 4. The van der Waals surface area contributed by atoms with Crippen molar-refractivity contribution >= 4 is 23.6 Å². The van der Waals surface area contributed by atoms with E-state index in [-0.39, 0.29) is 24.8 Å². The Morgan fingerprint density at radius 1 is 0.909 bits per heavy atom. The fraction of sp³-hybridized carbons (Fsp3) is 0.200. The van der Waals surface area contributed by atoms with Crippen molar-refractivity contribution < 1.29 is 23.9 Å². The summed E-state index contributed by atoms with van der Waals surface area (Å²) in [5.41, 5.74) is 5.58. The summed E-state index contributed by atoms with van der Waals surface area (Å²) >= 11 is 0. The Hall–Kier alpha value is -4.20. The second-order valence-corrected chi connectivity index (χ2v) is 7.45. The average Bonchev–Trinajstić information content (AvgIpc) is 3.10. The number of amides is 2. The predicted molar refractivity (Wildman–Crippen MR) is 122 cm³/mol. The van der Waals surface area contributed by atoms with Gasteiger partial charge >= 0.3 is 5.97 Å². The van der Waals surface area contributed by atoms with E-state index in [9.17, 15) is 19.2 Å². The molecule has 2 amide bonds. The number of rotatable bonds is 9. The number of Topliss-reactive ketones (excluding diaryl/α,β-unsaturated/α-hetero) is 1. The van der Waals surface area contributed by atoms with Crippen molar-refractivity contribution in [3.8, 4) is 0 Å². The first-order valence-electron chi connectivity index (χ1n) is 10.4. The second kappa shape index (κ2) is 10.9. The molecule has 0 saturated heterocycles. The number of ether oxygens (including phenoxy) is 1. The van der Waals surface area contributed by atoms with Crippen LogP contribution in [-0.2, 0) is 20.7 Å². The van der Waals surface area contributed by atoms with Crippen LogP contribution in [0.5, 0.6) is 0 Å². The maximum atomic E-state index is 12.6. The first-order chi connectivity index (χ1) is 15.8. The number of aromatic nitrogens is 1. The molecule has 0 aliphatic heterocycles. The van der Waals surface area contributed by atoms with Gasteiger partial charge in [-0.3, -0.25) is 29.3 Å². The van der Waals surface area contributed by atoms with Gasteiger partial charge in [-0.05, 0) is 37.6 Å². The fourth-order valence-electron chi connectivity index (χ4n) is 3.26. The molecule has 0 aliphatic rings. The summed E-state index contributed by atoms with van der Waals surface area (Å²) in [4.78, 5) is 48.9. The van der Waals surface area contributed by atoms with E-state index in [1.807, 2.05) is 36.4 Å². The van der Waals surface area contributed by atoms with Gasteiger partial charge in [-0.1, -0.05) is 48.5 Å². The van der Waals surface area contributed by atoms with E-state index in [1.165, 1.54) is 4.68 Å². The number of nitrogens with zero attached hydrogens (tertiary/aromatic N) is 1. The van der Waals surface area contributed by atoms with Crippen LogP contribution in [0.3, 0.4) is 0 Å². The molecule has 2 aromatic carbocycles. The molecule has 1 aromatic heterocycles. The molecule has 0 unspecified atom stereocenters. The molecule has 0 atom stereocenters. The van der Waals surface area contributed by atoms with Crippen molar-refractivity contribution in [2.24, 2.45) is 0 Å². The lowest BCUT2D eigenvalue weighted by molar-refractivity contribution is -0.142. The van der Waals surface area contributed by atoms with Crippen LogP contribution in [0, 0.1) is 13.8 Å². The molecular weight excluding hydrogens is 422 g/mol. The van der Waals surface area contributed by atoms with Gasteiger partial charge in [0.2, 0.25) is 11.7 Å². The maximum absolute atomic E-state index is 12.6. The van der Waals surface area contributed by atoms with Crippen molar-refractivity contribution in [3.05, 3.63) is 94.8 Å². The fourth-order valence-corrected chi connectivity index (χ4v) is 3.26. The Bertz CT molecular complexity index is 1150. The highest BCUT2D eigenvalue weighted by molar-refractivity contribution is 6.01. The van der Waals surface area contributed by atoms with E-state index in [1.54, 1.807) is 44.2 Å². The largest absolute Gasteiger partial charge is 0.456 e. The average molecular weight is 447 g/mol. The van der Waals surface area contributed by atoms with Crippen molar-refractivity contribution in [2.75, 3.05) is 18.6 Å². The zero-order chi connectivity index (χ0) is 23.8. The van der Waals surface area contributed by atoms with E-state index in [0.29, 0.717) is 22.5 Å². The highest BCUT2D eigenvalue weighted by atomic mass is 16.5. The standard InChI is InChI=1S/C25H25N3O5/c1-17-13-21(18(2)28(17)27-25(32)20-11-7-4-8-12-20)22(29)16-33-24(31)15-26-23(30)14-19-9-5-3-6-10-19/h3-13H,14-16H2,1-2H3,(H,26,30)(H,27,32). The second-order valence-electron chi connectivity index (χ2n) is 7.45. The Balaban J connectivity index is 1.51. The summed E-state index contributed by atoms with van der Waals surface area (Å²) in [7, 11) is 0. The molecule has 3 rings (SSSR count). The molecule has 33 heavy (non-hydrogen) atoms. The molecule has 170 valence electrons. The number of esters is 1. The Morgan fingerprint density at radius 2 is 1.55 bits per heavy atom. The summed E-state index contributed by atoms with van der Waals surface area (Å²) < 4.78 is 6.54. The summed E-state index contributed by atoms with van der Waals surface area (Å²) in [6.45, 7) is 2.65. The van der Waals surface area contributed by atoms with Crippen molar-refractivity contribution in [2.45, 2.75) is 20.3 Å². The number of ketones is 1. The van der Waals surface area contributed by atoms with Gasteiger partial charge in [0.05, 0.1) is 6.42 Å². The molecule has 3 aromatic rings. The molecule has 0 spiro atoms. The first kappa shape index (κ1) is 23.5. The minimum atomic E-state index is -0.712. The number of hydrogen-bond donors (Lipinski definition) is 2. The third kappa shape index (κ3) is 6.39. The van der Waals surface area contributed by atoms with Gasteiger partial charge in [0, 0.05) is 22.5 Å². The number of nitrogens with one attached hydrogen (secondary N) is 2. The quantitative estimate of drug-likeness (QED) is 0.387. The Morgan fingerprint density at radius 3 is 2.21 bits per heavy atom. The summed E-state index contributed by atoms with van der Waals surface area (Å²) in [5, 5.41) is 2.48. The minimum absolute atomic E-state index is 0.147. The van der Waals surface area contributed by atoms with E-state index < -0.39 is 18.4 Å².